The van der Waals surface area contributed by atoms with Crippen LogP contribution in [-0.4, -0.2) is 13.7 Å². The molecule has 4 nitrogen and oxygen atoms in total. The summed E-state index contributed by atoms with van der Waals surface area (Å²) in [7, 11) is 1.66. The molecular weight excluding hydrogens is 394 g/mol. The van der Waals surface area contributed by atoms with E-state index in [0.717, 1.165) is 46.3 Å². The highest BCUT2D eigenvalue weighted by Gasteiger charge is 2.24. The van der Waals surface area contributed by atoms with Crippen molar-refractivity contribution in [3.05, 3.63) is 67.8 Å². The first-order chi connectivity index (χ1) is 12.6. The number of methoxy groups -OCH3 is 1. The fraction of sp³-hybridized carbons (Fsp3) is 0.286. The molecule has 2 aromatic carbocycles. The first kappa shape index (κ1) is 17.2. The van der Waals surface area contributed by atoms with Crippen molar-refractivity contribution < 1.29 is 9.15 Å². The number of nitrogens with zero attached hydrogens (tertiary/aromatic N) is 1. The molecule has 1 aromatic heterocycles. The zero-order valence-corrected chi connectivity index (χ0v) is 16.4. The Morgan fingerprint density at radius 1 is 1.23 bits per heavy atom. The largest absolute Gasteiger partial charge is 0.497 e. The average molecular weight is 414 g/mol. The Morgan fingerprint density at radius 3 is 2.73 bits per heavy atom. The molecule has 0 saturated carbocycles. The van der Waals surface area contributed by atoms with Crippen LogP contribution >= 0.6 is 15.9 Å². The predicted molar refractivity (Wildman–Crippen MR) is 107 cm³/mol. The summed E-state index contributed by atoms with van der Waals surface area (Å²) in [4.78, 5) is 15.2. The summed E-state index contributed by atoms with van der Waals surface area (Å²) in [5.74, 6) is 1.54. The number of benzene rings is 2. The van der Waals surface area contributed by atoms with Gasteiger partial charge >= 0.3 is 0 Å². The van der Waals surface area contributed by atoms with Crippen molar-refractivity contribution in [1.82, 2.24) is 0 Å². The van der Waals surface area contributed by atoms with Gasteiger partial charge in [0.2, 0.25) is 5.88 Å². The lowest BCUT2D eigenvalue weighted by atomic mass is 10.0. The second-order valence-electron chi connectivity index (χ2n) is 6.71. The van der Waals surface area contributed by atoms with Crippen LogP contribution in [0.15, 0.2) is 50.1 Å². The Bertz CT molecular complexity index is 1020. The van der Waals surface area contributed by atoms with E-state index in [-0.39, 0.29) is 5.43 Å². The van der Waals surface area contributed by atoms with Crippen molar-refractivity contribution in [3.8, 4) is 5.75 Å². The van der Waals surface area contributed by atoms with Gasteiger partial charge in [-0.05, 0) is 71.1 Å². The first-order valence-electron chi connectivity index (χ1n) is 8.70. The Hall–Kier alpha value is -2.27. The van der Waals surface area contributed by atoms with Gasteiger partial charge in [0.15, 0.2) is 11.0 Å². The second-order valence-corrected chi connectivity index (χ2v) is 7.57. The topological polar surface area (TPSA) is 42.7 Å². The summed E-state index contributed by atoms with van der Waals surface area (Å²) in [6, 6.07) is 11.9. The van der Waals surface area contributed by atoms with Gasteiger partial charge in [0, 0.05) is 13.1 Å². The molecule has 1 aliphatic heterocycles. The minimum absolute atomic E-state index is 0.0880. The van der Waals surface area contributed by atoms with Crippen molar-refractivity contribution >= 4 is 32.8 Å². The number of fused-ring (bicyclic) bond motifs is 2. The number of rotatable bonds is 3. The Labute approximate surface area is 160 Å². The van der Waals surface area contributed by atoms with E-state index < -0.39 is 0 Å². The molecule has 5 heteroatoms. The number of hydrogen-bond acceptors (Lipinski definition) is 4. The molecule has 134 valence electrons. The van der Waals surface area contributed by atoms with Crippen LogP contribution < -0.4 is 15.1 Å². The predicted octanol–water partition coefficient (Wildman–Crippen LogP) is 4.83. The van der Waals surface area contributed by atoms with Gasteiger partial charge in [-0.3, -0.25) is 4.79 Å². The maximum Gasteiger partial charge on any atom is 0.203 e. The first-order valence-corrected chi connectivity index (χ1v) is 9.50. The van der Waals surface area contributed by atoms with Gasteiger partial charge in [-0.25, -0.2) is 0 Å². The van der Waals surface area contributed by atoms with E-state index in [1.807, 2.05) is 43.3 Å². The Balaban J connectivity index is 1.78. The van der Waals surface area contributed by atoms with E-state index in [2.05, 4.69) is 20.8 Å². The van der Waals surface area contributed by atoms with E-state index in [9.17, 15) is 4.79 Å². The van der Waals surface area contributed by atoms with E-state index in [1.54, 1.807) is 7.11 Å². The van der Waals surface area contributed by atoms with E-state index >= 15 is 0 Å². The standard InChI is InChI=1S/C21H20BrNO3/c1-13-10-17-19(24)16-4-3-9-23(21(16)26-20(17)18(22)11-13)12-14-5-7-15(25-2)8-6-14/h5-8,10-11H,3-4,9,12H2,1-2H3. The van der Waals surface area contributed by atoms with Gasteiger partial charge < -0.3 is 14.1 Å². The molecule has 0 aliphatic carbocycles. The lowest BCUT2D eigenvalue weighted by molar-refractivity contribution is 0.414. The molecule has 0 bridgehead atoms. The number of hydrogen-bond donors (Lipinski definition) is 0. The van der Waals surface area contributed by atoms with Gasteiger partial charge in [0.1, 0.15) is 5.75 Å². The molecule has 0 amide bonds. The molecular formula is C21H20BrNO3. The van der Waals surface area contributed by atoms with Crippen molar-refractivity contribution in [2.75, 3.05) is 18.6 Å². The van der Waals surface area contributed by atoms with Crippen LogP contribution in [0.5, 0.6) is 5.75 Å². The van der Waals surface area contributed by atoms with Crippen LogP contribution in [0.2, 0.25) is 0 Å². The van der Waals surface area contributed by atoms with E-state index in [0.29, 0.717) is 23.4 Å². The number of anilines is 1. The molecule has 0 saturated heterocycles. The number of halogens is 1. The smallest absolute Gasteiger partial charge is 0.203 e. The van der Waals surface area contributed by atoms with Crippen molar-refractivity contribution in [1.29, 1.82) is 0 Å². The average Bonchev–Trinajstić information content (AvgIpc) is 2.64. The van der Waals surface area contributed by atoms with E-state index in [1.165, 1.54) is 0 Å². The Kier molecular flexibility index (Phi) is 4.49. The third-order valence-electron chi connectivity index (χ3n) is 4.84. The molecule has 4 rings (SSSR count). The van der Waals surface area contributed by atoms with Gasteiger partial charge in [-0.15, -0.1) is 0 Å². The molecule has 0 spiro atoms. The molecule has 2 heterocycles. The maximum atomic E-state index is 13.0. The lowest BCUT2D eigenvalue weighted by Crippen LogP contribution is -2.31. The Morgan fingerprint density at radius 2 is 2.00 bits per heavy atom. The zero-order valence-electron chi connectivity index (χ0n) is 14.8. The van der Waals surface area contributed by atoms with Crippen LogP contribution in [0.25, 0.3) is 11.0 Å². The van der Waals surface area contributed by atoms with Crippen molar-refractivity contribution in [2.45, 2.75) is 26.3 Å². The van der Waals surface area contributed by atoms with Gasteiger partial charge in [-0.2, -0.15) is 0 Å². The second kappa shape index (κ2) is 6.80. The SMILES string of the molecule is COc1ccc(CN2CCCc3c2oc2c(Br)cc(C)cc2c3=O)cc1. The third-order valence-corrected chi connectivity index (χ3v) is 5.43. The highest BCUT2D eigenvalue weighted by Crippen LogP contribution is 2.33. The quantitative estimate of drug-likeness (QED) is 0.616. The van der Waals surface area contributed by atoms with Crippen LogP contribution in [0, 0.1) is 6.92 Å². The normalized spacial score (nSPS) is 13.7. The van der Waals surface area contributed by atoms with Crippen molar-refractivity contribution in [2.24, 2.45) is 0 Å². The monoisotopic (exact) mass is 413 g/mol. The van der Waals surface area contributed by atoms with Crippen molar-refractivity contribution in [3.63, 3.8) is 0 Å². The van der Waals surface area contributed by atoms with E-state index in [4.69, 9.17) is 9.15 Å². The van der Waals surface area contributed by atoms with Gasteiger partial charge in [0.25, 0.3) is 0 Å². The van der Waals surface area contributed by atoms with Gasteiger partial charge in [-0.1, -0.05) is 12.1 Å². The molecule has 1 aliphatic rings. The fourth-order valence-corrected chi connectivity index (χ4v) is 4.20. The molecule has 0 radical (unpaired) electrons. The van der Waals surface area contributed by atoms with Crippen LogP contribution in [0.1, 0.15) is 23.1 Å². The highest BCUT2D eigenvalue weighted by atomic mass is 79.9. The van der Waals surface area contributed by atoms with Crippen LogP contribution in [0.3, 0.4) is 0 Å². The minimum atomic E-state index is 0.0880. The molecule has 0 atom stereocenters. The summed E-state index contributed by atoms with van der Waals surface area (Å²) in [6.07, 6.45) is 1.71. The summed E-state index contributed by atoms with van der Waals surface area (Å²) >= 11 is 3.55. The summed E-state index contributed by atoms with van der Waals surface area (Å²) < 4.78 is 12.3. The maximum absolute atomic E-state index is 13.0. The fourth-order valence-electron chi connectivity index (χ4n) is 3.55. The number of ether oxygens (including phenoxy) is 1. The van der Waals surface area contributed by atoms with Crippen LogP contribution in [-0.2, 0) is 13.0 Å². The molecule has 0 unspecified atom stereocenters. The molecule has 0 N–H and O–H groups in total. The lowest BCUT2D eigenvalue weighted by Gasteiger charge is -2.29. The summed E-state index contributed by atoms with van der Waals surface area (Å²) in [6.45, 7) is 3.56. The summed E-state index contributed by atoms with van der Waals surface area (Å²) in [5.41, 5.74) is 3.70. The number of aryl methyl sites for hydroxylation is 1. The molecule has 3 aromatic rings. The van der Waals surface area contributed by atoms with Crippen LogP contribution in [0.4, 0.5) is 5.88 Å². The molecule has 0 fully saturated rings. The third kappa shape index (κ3) is 3.01. The molecule has 26 heavy (non-hydrogen) atoms. The zero-order chi connectivity index (χ0) is 18.3. The highest BCUT2D eigenvalue weighted by molar-refractivity contribution is 9.10. The minimum Gasteiger partial charge on any atom is -0.497 e. The summed E-state index contributed by atoms with van der Waals surface area (Å²) in [5, 5.41) is 0.655. The van der Waals surface area contributed by atoms with Gasteiger partial charge in [0.05, 0.1) is 22.5 Å².